The topological polar surface area (TPSA) is 66.8 Å². The van der Waals surface area contributed by atoms with Crippen LogP contribution in [-0.4, -0.2) is 41.6 Å². The van der Waals surface area contributed by atoms with Crippen LogP contribution in [0.5, 0.6) is 5.75 Å². The van der Waals surface area contributed by atoms with Crippen LogP contribution in [0.15, 0.2) is 18.2 Å². The first-order chi connectivity index (χ1) is 9.02. The minimum Gasteiger partial charge on any atom is -0.496 e. The summed E-state index contributed by atoms with van der Waals surface area (Å²) in [5.74, 6) is -1.92. The predicted molar refractivity (Wildman–Crippen MR) is 64.6 cm³/mol. The van der Waals surface area contributed by atoms with Crippen molar-refractivity contribution in [1.29, 1.82) is 0 Å². The fourth-order valence-electron chi connectivity index (χ4n) is 1.90. The minimum atomic E-state index is -1.09. The van der Waals surface area contributed by atoms with E-state index >= 15 is 0 Å². The molecule has 1 aromatic rings. The lowest BCUT2D eigenvalue weighted by molar-refractivity contribution is -0.137. The van der Waals surface area contributed by atoms with Gasteiger partial charge in [0.15, 0.2) is 0 Å². The standard InChI is InChI=1S/C13H14FNO4/c1-19-11-5-2-8(14)6-10(11)13(18)15(7-12(16)17)9-3-4-9/h2,5-6,9H,3-4,7H2,1H3,(H,16,17). The lowest BCUT2D eigenvalue weighted by Crippen LogP contribution is -2.37. The molecule has 6 heteroatoms. The summed E-state index contributed by atoms with van der Waals surface area (Å²) in [5, 5.41) is 8.84. The number of ether oxygens (including phenoxy) is 1. The lowest BCUT2D eigenvalue weighted by Gasteiger charge is -2.21. The maximum atomic E-state index is 13.2. The molecule has 1 N–H and O–H groups in total. The number of nitrogens with zero attached hydrogens (tertiary/aromatic N) is 1. The van der Waals surface area contributed by atoms with Gasteiger partial charge in [0.2, 0.25) is 0 Å². The van der Waals surface area contributed by atoms with Crippen molar-refractivity contribution in [1.82, 2.24) is 4.90 Å². The Balaban J connectivity index is 2.30. The highest BCUT2D eigenvalue weighted by Crippen LogP contribution is 2.30. The van der Waals surface area contributed by atoms with Gasteiger partial charge >= 0.3 is 5.97 Å². The number of hydrogen-bond donors (Lipinski definition) is 1. The number of aliphatic carboxylic acids is 1. The van der Waals surface area contributed by atoms with E-state index in [1.165, 1.54) is 24.1 Å². The first-order valence-corrected chi connectivity index (χ1v) is 5.89. The number of benzene rings is 1. The van der Waals surface area contributed by atoms with Gasteiger partial charge in [-0.25, -0.2) is 4.39 Å². The van der Waals surface area contributed by atoms with Crippen molar-refractivity contribution in [2.45, 2.75) is 18.9 Å². The molecule has 0 saturated heterocycles. The van der Waals surface area contributed by atoms with E-state index in [1.54, 1.807) is 0 Å². The van der Waals surface area contributed by atoms with Gasteiger partial charge in [-0.1, -0.05) is 0 Å². The smallest absolute Gasteiger partial charge is 0.323 e. The SMILES string of the molecule is COc1ccc(F)cc1C(=O)N(CC(=O)O)C1CC1. The summed E-state index contributed by atoms with van der Waals surface area (Å²) >= 11 is 0. The third kappa shape index (κ3) is 3.01. The van der Waals surface area contributed by atoms with Gasteiger partial charge in [-0.2, -0.15) is 0 Å². The normalized spacial score (nSPS) is 14.0. The Kier molecular flexibility index (Phi) is 3.69. The number of carbonyl (C=O) groups excluding carboxylic acids is 1. The Morgan fingerprint density at radius 2 is 2.16 bits per heavy atom. The van der Waals surface area contributed by atoms with E-state index in [9.17, 15) is 14.0 Å². The number of carboxylic acid groups (broad SMARTS) is 1. The van der Waals surface area contributed by atoms with Crippen LogP contribution in [0.1, 0.15) is 23.2 Å². The van der Waals surface area contributed by atoms with Gasteiger partial charge in [0, 0.05) is 6.04 Å². The Morgan fingerprint density at radius 1 is 1.47 bits per heavy atom. The van der Waals surface area contributed by atoms with Crippen LogP contribution in [0.2, 0.25) is 0 Å². The van der Waals surface area contributed by atoms with Crippen molar-refractivity contribution in [3.05, 3.63) is 29.6 Å². The summed E-state index contributed by atoms with van der Waals surface area (Å²) < 4.78 is 18.3. The molecular weight excluding hydrogens is 253 g/mol. The van der Waals surface area contributed by atoms with E-state index in [2.05, 4.69) is 0 Å². The molecule has 102 valence electrons. The quantitative estimate of drug-likeness (QED) is 0.878. The van der Waals surface area contributed by atoms with E-state index < -0.39 is 17.7 Å². The van der Waals surface area contributed by atoms with Crippen LogP contribution in [0, 0.1) is 5.82 Å². The van der Waals surface area contributed by atoms with Crippen LogP contribution in [0.25, 0.3) is 0 Å². The second kappa shape index (κ2) is 5.26. The molecule has 0 heterocycles. The fraction of sp³-hybridized carbons (Fsp3) is 0.385. The van der Waals surface area contributed by atoms with Gasteiger partial charge in [-0.15, -0.1) is 0 Å². The van der Waals surface area contributed by atoms with Crippen LogP contribution < -0.4 is 4.74 Å². The van der Waals surface area contributed by atoms with E-state index in [-0.39, 0.29) is 23.9 Å². The molecule has 1 amide bonds. The highest BCUT2D eigenvalue weighted by atomic mass is 19.1. The Labute approximate surface area is 109 Å². The number of halogens is 1. The van der Waals surface area contributed by atoms with Gasteiger partial charge in [-0.3, -0.25) is 9.59 Å². The highest BCUT2D eigenvalue weighted by Gasteiger charge is 2.35. The second-order valence-corrected chi connectivity index (χ2v) is 4.40. The van der Waals surface area contributed by atoms with Crippen molar-refractivity contribution in [2.24, 2.45) is 0 Å². The molecule has 1 aliphatic rings. The van der Waals surface area contributed by atoms with Crippen molar-refractivity contribution < 1.29 is 23.8 Å². The molecular formula is C13H14FNO4. The van der Waals surface area contributed by atoms with Gasteiger partial charge in [0.1, 0.15) is 18.1 Å². The summed E-state index contributed by atoms with van der Waals surface area (Å²) in [7, 11) is 1.38. The molecule has 0 atom stereocenters. The number of amides is 1. The van der Waals surface area contributed by atoms with E-state index in [0.29, 0.717) is 0 Å². The van der Waals surface area contributed by atoms with Crippen LogP contribution in [0.3, 0.4) is 0 Å². The van der Waals surface area contributed by atoms with Crippen molar-refractivity contribution in [3.63, 3.8) is 0 Å². The highest BCUT2D eigenvalue weighted by molar-refractivity contribution is 5.98. The number of methoxy groups -OCH3 is 1. The summed E-state index contributed by atoms with van der Waals surface area (Å²) in [5.41, 5.74) is 0.0515. The van der Waals surface area contributed by atoms with Crippen molar-refractivity contribution in [3.8, 4) is 5.75 Å². The van der Waals surface area contributed by atoms with Gasteiger partial charge in [0.25, 0.3) is 5.91 Å². The number of rotatable bonds is 5. The summed E-state index contributed by atoms with van der Waals surface area (Å²) in [6.45, 7) is -0.386. The zero-order chi connectivity index (χ0) is 14.0. The van der Waals surface area contributed by atoms with Crippen LogP contribution >= 0.6 is 0 Å². The van der Waals surface area contributed by atoms with Gasteiger partial charge in [-0.05, 0) is 31.0 Å². The Morgan fingerprint density at radius 3 is 2.68 bits per heavy atom. The molecule has 1 saturated carbocycles. The monoisotopic (exact) mass is 267 g/mol. The molecule has 0 bridgehead atoms. The molecule has 0 aromatic heterocycles. The maximum absolute atomic E-state index is 13.2. The summed E-state index contributed by atoms with van der Waals surface area (Å²) in [6.07, 6.45) is 1.55. The zero-order valence-corrected chi connectivity index (χ0v) is 10.4. The Bertz CT molecular complexity index is 513. The third-order valence-electron chi connectivity index (χ3n) is 2.95. The lowest BCUT2D eigenvalue weighted by atomic mass is 10.1. The molecule has 1 aromatic carbocycles. The van der Waals surface area contributed by atoms with Crippen molar-refractivity contribution >= 4 is 11.9 Å². The van der Waals surface area contributed by atoms with E-state index in [4.69, 9.17) is 9.84 Å². The Hall–Kier alpha value is -2.11. The van der Waals surface area contributed by atoms with Crippen LogP contribution in [0.4, 0.5) is 4.39 Å². The van der Waals surface area contributed by atoms with Crippen molar-refractivity contribution in [2.75, 3.05) is 13.7 Å². The van der Waals surface area contributed by atoms with Gasteiger partial charge < -0.3 is 14.7 Å². The zero-order valence-electron chi connectivity index (χ0n) is 10.4. The molecule has 19 heavy (non-hydrogen) atoms. The molecule has 0 radical (unpaired) electrons. The number of carboxylic acids is 1. The number of carbonyl (C=O) groups is 2. The van der Waals surface area contributed by atoms with E-state index in [1.807, 2.05) is 0 Å². The minimum absolute atomic E-state index is 0.0515. The van der Waals surface area contributed by atoms with E-state index in [0.717, 1.165) is 18.9 Å². The molecule has 0 unspecified atom stereocenters. The molecule has 0 spiro atoms. The predicted octanol–water partition coefficient (Wildman–Crippen LogP) is 1.52. The summed E-state index contributed by atoms with van der Waals surface area (Å²) in [6, 6.07) is 3.54. The maximum Gasteiger partial charge on any atom is 0.323 e. The summed E-state index contributed by atoms with van der Waals surface area (Å²) in [4.78, 5) is 24.4. The first-order valence-electron chi connectivity index (χ1n) is 5.89. The fourth-order valence-corrected chi connectivity index (χ4v) is 1.90. The molecule has 5 nitrogen and oxygen atoms in total. The van der Waals surface area contributed by atoms with Gasteiger partial charge in [0.05, 0.1) is 12.7 Å². The molecule has 1 aliphatic carbocycles. The number of hydrogen-bond acceptors (Lipinski definition) is 3. The first kappa shape index (κ1) is 13.3. The largest absolute Gasteiger partial charge is 0.496 e. The average molecular weight is 267 g/mol. The third-order valence-corrected chi connectivity index (χ3v) is 2.95. The molecule has 1 fully saturated rings. The molecule has 0 aliphatic heterocycles. The van der Waals surface area contributed by atoms with Crippen LogP contribution in [-0.2, 0) is 4.79 Å². The molecule has 2 rings (SSSR count). The second-order valence-electron chi connectivity index (χ2n) is 4.40. The average Bonchev–Trinajstić information content (AvgIpc) is 3.19.